The fraction of sp³-hybridized carbons (Fsp3) is 0.190. The zero-order chi connectivity index (χ0) is 18.5. The van der Waals surface area contributed by atoms with Crippen molar-refractivity contribution < 1.29 is 0 Å². The first-order valence-electron chi connectivity index (χ1n) is 8.47. The zero-order valence-electron chi connectivity index (χ0n) is 15.1. The second-order valence-electron chi connectivity index (χ2n) is 6.09. The van der Waals surface area contributed by atoms with E-state index in [1.807, 2.05) is 31.4 Å². The molecule has 0 amide bonds. The molecule has 3 rings (SSSR count). The highest BCUT2D eigenvalue weighted by Crippen LogP contribution is 2.23. The molecule has 0 fully saturated rings. The van der Waals surface area contributed by atoms with Gasteiger partial charge in [0.05, 0.1) is 11.4 Å². The Labute approximate surface area is 157 Å². The van der Waals surface area contributed by atoms with Gasteiger partial charge in [0.2, 0.25) is 0 Å². The number of thiazole rings is 1. The highest BCUT2D eigenvalue weighted by atomic mass is 32.1. The van der Waals surface area contributed by atoms with E-state index in [9.17, 15) is 5.26 Å². The maximum Gasteiger partial charge on any atom is 0.196 e. The number of nitrogens with one attached hydrogen (secondary N) is 1. The Morgan fingerprint density at radius 2 is 1.96 bits per heavy atom. The van der Waals surface area contributed by atoms with Gasteiger partial charge in [-0.15, -0.1) is 11.3 Å². The summed E-state index contributed by atoms with van der Waals surface area (Å²) in [5.41, 5.74) is 9.63. The Balaban J connectivity index is 1.82. The minimum absolute atomic E-state index is 0.284. The van der Waals surface area contributed by atoms with Crippen LogP contribution in [-0.2, 0) is 6.42 Å². The van der Waals surface area contributed by atoms with Gasteiger partial charge in [-0.05, 0) is 37.5 Å². The van der Waals surface area contributed by atoms with E-state index in [-0.39, 0.29) is 5.71 Å². The highest BCUT2D eigenvalue weighted by molar-refractivity contribution is 7.12. The number of rotatable bonds is 5. The molecular formula is C21H20N4S. The predicted octanol–water partition coefficient (Wildman–Crippen LogP) is 5.33. The van der Waals surface area contributed by atoms with Crippen molar-refractivity contribution in [3.8, 4) is 17.3 Å². The van der Waals surface area contributed by atoms with Crippen LogP contribution < -0.4 is 5.43 Å². The first-order chi connectivity index (χ1) is 12.6. The molecule has 0 radical (unpaired) electrons. The van der Waals surface area contributed by atoms with Crippen LogP contribution in [0.4, 0.5) is 5.69 Å². The van der Waals surface area contributed by atoms with Crippen LogP contribution in [0.2, 0.25) is 0 Å². The number of hydrogen-bond donors (Lipinski definition) is 1. The fourth-order valence-electron chi connectivity index (χ4n) is 2.60. The first-order valence-corrected chi connectivity index (χ1v) is 9.35. The normalized spacial score (nSPS) is 11.2. The lowest BCUT2D eigenvalue weighted by molar-refractivity contribution is 1.14. The van der Waals surface area contributed by atoms with Gasteiger partial charge in [0.25, 0.3) is 0 Å². The van der Waals surface area contributed by atoms with Crippen LogP contribution in [0.25, 0.3) is 11.3 Å². The number of benzene rings is 2. The molecule has 0 atom stereocenters. The summed E-state index contributed by atoms with van der Waals surface area (Å²) in [4.78, 5) is 4.58. The van der Waals surface area contributed by atoms with E-state index in [0.29, 0.717) is 5.01 Å². The van der Waals surface area contributed by atoms with Crippen LogP contribution in [0.3, 0.4) is 0 Å². The summed E-state index contributed by atoms with van der Waals surface area (Å²) in [5.74, 6) is 0. The van der Waals surface area contributed by atoms with Crippen LogP contribution in [0.15, 0.2) is 52.9 Å². The van der Waals surface area contributed by atoms with E-state index in [0.717, 1.165) is 28.9 Å². The summed E-state index contributed by atoms with van der Waals surface area (Å²) in [7, 11) is 0. The summed E-state index contributed by atoms with van der Waals surface area (Å²) < 4.78 is 0. The molecule has 130 valence electrons. The van der Waals surface area contributed by atoms with E-state index < -0.39 is 0 Å². The molecule has 0 saturated carbocycles. The summed E-state index contributed by atoms with van der Waals surface area (Å²) in [6, 6.07) is 16.5. The number of hydrazone groups is 1. The van der Waals surface area contributed by atoms with E-state index in [1.165, 1.54) is 22.5 Å². The van der Waals surface area contributed by atoms with Gasteiger partial charge in [-0.2, -0.15) is 10.4 Å². The summed E-state index contributed by atoms with van der Waals surface area (Å²) in [6.07, 6.45) is 1.01. The molecule has 0 aliphatic rings. The third-order valence-electron chi connectivity index (χ3n) is 4.14. The Hall–Kier alpha value is -2.97. The number of aryl methyl sites for hydroxylation is 3. The van der Waals surface area contributed by atoms with Crippen LogP contribution in [-0.4, -0.2) is 10.7 Å². The zero-order valence-corrected chi connectivity index (χ0v) is 15.9. The molecule has 0 saturated heterocycles. The van der Waals surface area contributed by atoms with Gasteiger partial charge in [0, 0.05) is 10.9 Å². The third-order valence-corrected chi connectivity index (χ3v) is 4.99. The molecule has 0 aliphatic heterocycles. The highest BCUT2D eigenvalue weighted by Gasteiger charge is 2.11. The molecule has 2 aromatic carbocycles. The van der Waals surface area contributed by atoms with Gasteiger partial charge < -0.3 is 0 Å². The molecular weight excluding hydrogens is 340 g/mol. The molecule has 1 heterocycles. The molecule has 1 aromatic heterocycles. The second kappa shape index (κ2) is 7.94. The summed E-state index contributed by atoms with van der Waals surface area (Å²) in [6.45, 7) is 6.19. The molecule has 5 heteroatoms. The summed E-state index contributed by atoms with van der Waals surface area (Å²) >= 11 is 1.42. The number of nitriles is 1. The average molecular weight is 360 g/mol. The largest absolute Gasteiger partial charge is 0.277 e. The summed E-state index contributed by atoms with van der Waals surface area (Å²) in [5, 5.41) is 16.3. The molecule has 26 heavy (non-hydrogen) atoms. The Morgan fingerprint density at radius 1 is 1.19 bits per heavy atom. The standard InChI is InChI=1S/C21H20N4S/c1-4-16-6-8-17(9-7-16)20-13-26-21(23-20)19(12-22)25-24-18-10-5-14(2)11-15(18)3/h5-11,13,24H,4H2,1-3H3/b25-19+. The Morgan fingerprint density at radius 3 is 2.62 bits per heavy atom. The van der Waals surface area contributed by atoms with E-state index >= 15 is 0 Å². The Bertz CT molecular complexity index is 978. The molecule has 0 aliphatic carbocycles. The SMILES string of the molecule is CCc1ccc(-c2csc(/C(C#N)=N/Nc3ccc(C)cc3C)n2)cc1. The monoisotopic (exact) mass is 360 g/mol. The van der Waals surface area contributed by atoms with Crippen molar-refractivity contribution >= 4 is 22.7 Å². The molecule has 0 spiro atoms. The van der Waals surface area contributed by atoms with Crippen LogP contribution in [0, 0.1) is 25.2 Å². The van der Waals surface area contributed by atoms with Crippen LogP contribution in [0.5, 0.6) is 0 Å². The minimum Gasteiger partial charge on any atom is -0.277 e. The molecule has 0 unspecified atom stereocenters. The topological polar surface area (TPSA) is 61.1 Å². The van der Waals surface area contributed by atoms with E-state index in [1.54, 1.807) is 0 Å². The van der Waals surface area contributed by atoms with E-state index in [4.69, 9.17) is 0 Å². The quantitative estimate of drug-likeness (QED) is 0.494. The maximum absolute atomic E-state index is 9.46. The van der Waals surface area contributed by atoms with Gasteiger partial charge in [0.15, 0.2) is 10.7 Å². The van der Waals surface area contributed by atoms with Gasteiger partial charge in [-0.25, -0.2) is 4.98 Å². The van der Waals surface area contributed by atoms with Crippen molar-refractivity contribution in [3.05, 3.63) is 69.5 Å². The van der Waals surface area contributed by atoms with Crippen molar-refractivity contribution in [1.82, 2.24) is 4.98 Å². The Kier molecular flexibility index (Phi) is 5.45. The predicted molar refractivity (Wildman–Crippen MR) is 109 cm³/mol. The lowest BCUT2D eigenvalue weighted by Gasteiger charge is -2.05. The van der Waals surface area contributed by atoms with Gasteiger partial charge in [0.1, 0.15) is 6.07 Å². The van der Waals surface area contributed by atoms with Crippen molar-refractivity contribution in [2.45, 2.75) is 27.2 Å². The second-order valence-corrected chi connectivity index (χ2v) is 6.95. The minimum atomic E-state index is 0.284. The third kappa shape index (κ3) is 3.98. The van der Waals surface area contributed by atoms with Gasteiger partial charge in [-0.3, -0.25) is 5.43 Å². The van der Waals surface area contributed by atoms with Crippen LogP contribution >= 0.6 is 11.3 Å². The van der Waals surface area contributed by atoms with Gasteiger partial charge in [-0.1, -0.05) is 48.9 Å². The first kappa shape index (κ1) is 17.8. The molecule has 3 aromatic rings. The molecule has 0 bridgehead atoms. The van der Waals surface area contributed by atoms with Crippen molar-refractivity contribution in [1.29, 1.82) is 5.26 Å². The molecule has 4 nitrogen and oxygen atoms in total. The van der Waals surface area contributed by atoms with Gasteiger partial charge >= 0.3 is 0 Å². The molecule has 1 N–H and O–H groups in total. The van der Waals surface area contributed by atoms with Crippen molar-refractivity contribution in [2.24, 2.45) is 5.10 Å². The smallest absolute Gasteiger partial charge is 0.196 e. The van der Waals surface area contributed by atoms with E-state index in [2.05, 4.69) is 58.8 Å². The van der Waals surface area contributed by atoms with Crippen molar-refractivity contribution in [2.75, 3.05) is 5.43 Å². The fourth-order valence-corrected chi connectivity index (χ4v) is 3.37. The average Bonchev–Trinajstić information content (AvgIpc) is 3.14. The maximum atomic E-state index is 9.46. The lowest BCUT2D eigenvalue weighted by atomic mass is 10.1. The number of aromatic nitrogens is 1. The number of anilines is 1. The number of hydrogen-bond acceptors (Lipinski definition) is 5. The number of nitrogens with zero attached hydrogens (tertiary/aromatic N) is 3. The van der Waals surface area contributed by atoms with Crippen LogP contribution in [0.1, 0.15) is 28.6 Å². The van der Waals surface area contributed by atoms with Crippen molar-refractivity contribution in [3.63, 3.8) is 0 Å². The lowest BCUT2D eigenvalue weighted by Crippen LogP contribution is -2.02.